The minimum atomic E-state index is -0.159. The van der Waals surface area contributed by atoms with E-state index in [4.69, 9.17) is 10.5 Å². The Morgan fingerprint density at radius 2 is 2.29 bits per heavy atom. The number of benzene rings is 1. The maximum absolute atomic E-state index is 11.4. The largest absolute Gasteiger partial charge is 0.466 e. The molecule has 94 valence electrons. The van der Waals surface area contributed by atoms with Gasteiger partial charge in [0.25, 0.3) is 0 Å². The lowest BCUT2D eigenvalue weighted by molar-refractivity contribution is -0.146. The zero-order chi connectivity index (χ0) is 12.8. The first-order valence-corrected chi connectivity index (χ1v) is 7.17. The summed E-state index contributed by atoms with van der Waals surface area (Å²) < 4.78 is 5.94. The maximum atomic E-state index is 11.4. The molecule has 0 amide bonds. The highest BCUT2D eigenvalue weighted by Crippen LogP contribution is 2.29. The number of carbonyl (C=O) groups is 1. The fourth-order valence-corrected chi connectivity index (χ4v) is 2.72. The van der Waals surface area contributed by atoms with Crippen molar-refractivity contribution in [1.29, 1.82) is 0 Å². The van der Waals surface area contributed by atoms with E-state index in [-0.39, 0.29) is 11.9 Å². The summed E-state index contributed by atoms with van der Waals surface area (Å²) in [4.78, 5) is 12.4. The van der Waals surface area contributed by atoms with Crippen LogP contribution in [0.4, 0.5) is 5.69 Å². The van der Waals surface area contributed by atoms with Gasteiger partial charge in [0.1, 0.15) is 0 Å². The van der Waals surface area contributed by atoms with Gasteiger partial charge in [-0.2, -0.15) is 0 Å². The van der Waals surface area contributed by atoms with Crippen LogP contribution in [0.25, 0.3) is 0 Å². The first-order valence-electron chi connectivity index (χ1n) is 5.39. The summed E-state index contributed by atoms with van der Waals surface area (Å²) >= 11 is 4.96. The van der Waals surface area contributed by atoms with E-state index in [1.54, 1.807) is 11.8 Å². The Kier molecular flexibility index (Phi) is 5.85. The molecule has 0 spiro atoms. The zero-order valence-corrected chi connectivity index (χ0v) is 12.3. The van der Waals surface area contributed by atoms with Crippen LogP contribution in [0, 0.1) is 5.92 Å². The van der Waals surface area contributed by atoms with Crippen LogP contribution < -0.4 is 5.73 Å². The van der Waals surface area contributed by atoms with Gasteiger partial charge in [0.2, 0.25) is 0 Å². The lowest BCUT2D eigenvalue weighted by atomic mass is 10.2. The molecule has 1 rings (SSSR count). The van der Waals surface area contributed by atoms with E-state index in [0.717, 1.165) is 15.1 Å². The molecule has 1 unspecified atom stereocenters. The summed E-state index contributed by atoms with van der Waals surface area (Å²) in [5.41, 5.74) is 6.58. The van der Waals surface area contributed by atoms with Crippen molar-refractivity contribution in [2.24, 2.45) is 5.92 Å². The molecular formula is C12H16BrNO2S. The third-order valence-electron chi connectivity index (χ3n) is 2.15. The van der Waals surface area contributed by atoms with Crippen LogP contribution >= 0.6 is 27.7 Å². The van der Waals surface area contributed by atoms with E-state index < -0.39 is 0 Å². The number of ether oxygens (including phenoxy) is 1. The van der Waals surface area contributed by atoms with E-state index in [2.05, 4.69) is 15.9 Å². The molecule has 0 bridgehead atoms. The van der Waals surface area contributed by atoms with Gasteiger partial charge >= 0.3 is 5.97 Å². The van der Waals surface area contributed by atoms with E-state index in [9.17, 15) is 4.79 Å². The second-order valence-corrected chi connectivity index (χ2v) is 5.62. The average molecular weight is 318 g/mol. The summed E-state index contributed by atoms with van der Waals surface area (Å²) in [6.07, 6.45) is 0. The minimum absolute atomic E-state index is 0.127. The van der Waals surface area contributed by atoms with Gasteiger partial charge < -0.3 is 10.5 Å². The number of halogens is 1. The molecule has 0 aliphatic carbocycles. The van der Waals surface area contributed by atoms with Crippen LogP contribution in [0.2, 0.25) is 0 Å². The molecule has 1 atom stereocenters. The Morgan fingerprint density at radius 3 is 2.94 bits per heavy atom. The Morgan fingerprint density at radius 1 is 1.59 bits per heavy atom. The highest BCUT2D eigenvalue weighted by molar-refractivity contribution is 9.10. The van der Waals surface area contributed by atoms with Crippen molar-refractivity contribution in [3.05, 3.63) is 22.7 Å². The standard InChI is InChI=1S/C12H16BrNO2S/c1-3-16-12(15)8(2)7-17-11-6-9(13)4-5-10(11)14/h4-6,8H,3,7,14H2,1-2H3. The van der Waals surface area contributed by atoms with Crippen LogP contribution in [-0.2, 0) is 9.53 Å². The SMILES string of the molecule is CCOC(=O)C(C)CSc1cc(Br)ccc1N. The van der Waals surface area contributed by atoms with Crippen molar-refractivity contribution < 1.29 is 9.53 Å². The molecule has 0 saturated carbocycles. The van der Waals surface area contributed by atoms with Gasteiger partial charge in [-0.15, -0.1) is 11.8 Å². The maximum Gasteiger partial charge on any atom is 0.309 e. The smallest absolute Gasteiger partial charge is 0.309 e. The topological polar surface area (TPSA) is 52.3 Å². The zero-order valence-electron chi connectivity index (χ0n) is 9.90. The second kappa shape index (κ2) is 6.91. The molecule has 17 heavy (non-hydrogen) atoms. The first kappa shape index (κ1) is 14.4. The molecule has 0 saturated heterocycles. The number of rotatable bonds is 5. The molecule has 0 radical (unpaired) electrons. The van der Waals surface area contributed by atoms with E-state index in [0.29, 0.717) is 12.4 Å². The third kappa shape index (κ3) is 4.60. The predicted molar refractivity (Wildman–Crippen MR) is 75.1 cm³/mol. The summed E-state index contributed by atoms with van der Waals surface area (Å²) in [6.45, 7) is 4.09. The van der Waals surface area contributed by atoms with E-state index >= 15 is 0 Å². The molecular weight excluding hydrogens is 302 g/mol. The van der Waals surface area contributed by atoms with Gasteiger partial charge in [0.15, 0.2) is 0 Å². The van der Waals surface area contributed by atoms with Crippen molar-refractivity contribution in [2.45, 2.75) is 18.7 Å². The number of hydrogen-bond acceptors (Lipinski definition) is 4. The molecule has 1 aromatic carbocycles. The fraction of sp³-hybridized carbons (Fsp3) is 0.417. The number of carbonyl (C=O) groups excluding carboxylic acids is 1. The minimum Gasteiger partial charge on any atom is -0.466 e. The Balaban J connectivity index is 2.55. The summed E-state index contributed by atoms with van der Waals surface area (Å²) in [6, 6.07) is 5.70. The highest BCUT2D eigenvalue weighted by atomic mass is 79.9. The third-order valence-corrected chi connectivity index (χ3v) is 3.98. The number of hydrogen-bond donors (Lipinski definition) is 1. The van der Waals surface area contributed by atoms with Crippen LogP contribution in [0.15, 0.2) is 27.6 Å². The fourth-order valence-electron chi connectivity index (χ4n) is 1.20. The van der Waals surface area contributed by atoms with Crippen LogP contribution in [-0.4, -0.2) is 18.3 Å². The average Bonchev–Trinajstić information content (AvgIpc) is 2.30. The van der Waals surface area contributed by atoms with Crippen LogP contribution in [0.3, 0.4) is 0 Å². The second-order valence-electron chi connectivity index (χ2n) is 3.65. The lowest BCUT2D eigenvalue weighted by Crippen LogP contribution is -2.16. The monoisotopic (exact) mass is 317 g/mol. The van der Waals surface area contributed by atoms with Crippen molar-refractivity contribution in [3.8, 4) is 0 Å². The summed E-state index contributed by atoms with van der Waals surface area (Å²) in [7, 11) is 0. The molecule has 3 nitrogen and oxygen atoms in total. The van der Waals surface area contributed by atoms with Crippen molar-refractivity contribution in [2.75, 3.05) is 18.1 Å². The van der Waals surface area contributed by atoms with Gasteiger partial charge in [-0.3, -0.25) is 4.79 Å². The van der Waals surface area contributed by atoms with Gasteiger partial charge in [-0.1, -0.05) is 22.9 Å². The molecule has 0 aromatic heterocycles. The molecule has 0 aliphatic rings. The van der Waals surface area contributed by atoms with Gasteiger partial charge in [-0.05, 0) is 25.1 Å². The summed E-state index contributed by atoms with van der Waals surface area (Å²) in [5, 5.41) is 0. The lowest BCUT2D eigenvalue weighted by Gasteiger charge is -2.11. The number of nitrogen functional groups attached to an aromatic ring is 1. The Labute approximate surface area is 114 Å². The number of anilines is 1. The van der Waals surface area contributed by atoms with Gasteiger partial charge in [0.05, 0.1) is 12.5 Å². The van der Waals surface area contributed by atoms with Crippen molar-refractivity contribution in [1.82, 2.24) is 0 Å². The molecule has 1 aromatic rings. The number of esters is 1. The Bertz CT molecular complexity index is 398. The molecule has 0 aliphatic heterocycles. The Hall–Kier alpha value is -0.680. The van der Waals surface area contributed by atoms with Crippen molar-refractivity contribution >= 4 is 39.3 Å². The van der Waals surface area contributed by atoms with E-state index in [1.165, 1.54) is 0 Å². The van der Waals surface area contributed by atoms with Crippen LogP contribution in [0.5, 0.6) is 0 Å². The molecule has 5 heteroatoms. The van der Waals surface area contributed by atoms with Crippen molar-refractivity contribution in [3.63, 3.8) is 0 Å². The molecule has 0 heterocycles. The van der Waals surface area contributed by atoms with Gasteiger partial charge in [-0.25, -0.2) is 0 Å². The summed E-state index contributed by atoms with van der Waals surface area (Å²) in [5.74, 6) is 0.381. The molecule has 0 fully saturated rings. The normalized spacial score (nSPS) is 12.2. The number of nitrogens with two attached hydrogens (primary N) is 1. The quantitative estimate of drug-likeness (QED) is 0.514. The highest BCUT2D eigenvalue weighted by Gasteiger charge is 2.14. The number of thioether (sulfide) groups is 1. The first-order chi connectivity index (χ1) is 8.04. The predicted octanol–water partition coefficient (Wildman–Crippen LogP) is 3.32. The van der Waals surface area contributed by atoms with Crippen LogP contribution in [0.1, 0.15) is 13.8 Å². The molecule has 2 N–H and O–H groups in total. The van der Waals surface area contributed by atoms with Gasteiger partial charge in [0, 0.05) is 20.8 Å². The van der Waals surface area contributed by atoms with E-state index in [1.807, 2.05) is 32.0 Å².